The Morgan fingerprint density at radius 3 is 2.64 bits per heavy atom. The summed E-state index contributed by atoms with van der Waals surface area (Å²) in [5.41, 5.74) is 10.7. The number of aryl methyl sites for hydroxylation is 1. The highest BCUT2D eigenvalue weighted by Crippen LogP contribution is 2.35. The van der Waals surface area contributed by atoms with Crippen molar-refractivity contribution >= 4 is 5.65 Å². The van der Waals surface area contributed by atoms with E-state index in [0.717, 1.165) is 39.7 Å². The Hall–Kier alpha value is -2.53. The predicted octanol–water partition coefficient (Wildman–Crippen LogP) is 2.79. The zero-order valence-electron chi connectivity index (χ0n) is 13.0. The first kappa shape index (κ1) is 14.4. The van der Waals surface area contributed by atoms with Crippen LogP contribution in [-0.2, 0) is 6.54 Å². The average Bonchev–Trinajstić information content (AvgIpc) is 2.91. The Morgan fingerprint density at radius 2 is 1.95 bits per heavy atom. The van der Waals surface area contributed by atoms with Gasteiger partial charge < -0.3 is 19.6 Å². The molecule has 0 unspecified atom stereocenters. The van der Waals surface area contributed by atoms with Crippen LogP contribution in [0.25, 0.3) is 16.9 Å². The Balaban J connectivity index is 2.30. The molecule has 1 aromatic carbocycles. The molecule has 2 N–H and O–H groups in total. The van der Waals surface area contributed by atoms with Crippen LogP contribution in [-0.4, -0.2) is 23.6 Å². The largest absolute Gasteiger partial charge is 0.497 e. The lowest BCUT2D eigenvalue weighted by Crippen LogP contribution is -2.03. The van der Waals surface area contributed by atoms with Crippen molar-refractivity contribution < 1.29 is 9.47 Å². The fourth-order valence-corrected chi connectivity index (χ4v) is 2.61. The lowest BCUT2D eigenvalue weighted by atomic mass is 10.1. The summed E-state index contributed by atoms with van der Waals surface area (Å²) in [6.45, 7) is 2.44. The number of rotatable bonds is 4. The van der Waals surface area contributed by atoms with Crippen LogP contribution < -0.4 is 15.2 Å². The summed E-state index contributed by atoms with van der Waals surface area (Å²) in [4.78, 5) is 4.73. The van der Waals surface area contributed by atoms with Crippen molar-refractivity contribution in [2.75, 3.05) is 14.2 Å². The van der Waals surface area contributed by atoms with Gasteiger partial charge in [0.05, 0.1) is 25.6 Å². The summed E-state index contributed by atoms with van der Waals surface area (Å²) in [5, 5.41) is 0. The quantitative estimate of drug-likeness (QED) is 0.804. The molecule has 0 spiro atoms. The SMILES string of the molecule is COc1ccc(OC)c(-c2nc3ccc(C)cn3c2CN)c1. The van der Waals surface area contributed by atoms with Gasteiger partial charge >= 0.3 is 0 Å². The number of hydrogen-bond donors (Lipinski definition) is 1. The van der Waals surface area contributed by atoms with Crippen molar-refractivity contribution in [2.24, 2.45) is 5.73 Å². The van der Waals surface area contributed by atoms with Crippen LogP contribution >= 0.6 is 0 Å². The molecule has 0 radical (unpaired) electrons. The first-order valence-corrected chi connectivity index (χ1v) is 7.08. The molecule has 0 saturated heterocycles. The van der Waals surface area contributed by atoms with Crippen molar-refractivity contribution in [3.05, 3.63) is 47.8 Å². The van der Waals surface area contributed by atoms with Gasteiger partial charge in [-0.1, -0.05) is 6.07 Å². The van der Waals surface area contributed by atoms with E-state index in [1.54, 1.807) is 14.2 Å². The zero-order valence-corrected chi connectivity index (χ0v) is 13.0. The highest BCUT2D eigenvalue weighted by Gasteiger charge is 2.17. The monoisotopic (exact) mass is 297 g/mol. The Bertz CT molecular complexity index is 824. The highest BCUT2D eigenvalue weighted by molar-refractivity contribution is 5.73. The standard InChI is InChI=1S/C17H19N3O2/c1-11-4-7-16-19-17(14(9-18)20(16)10-11)13-8-12(21-2)5-6-15(13)22-3/h4-8,10H,9,18H2,1-3H3. The average molecular weight is 297 g/mol. The Morgan fingerprint density at radius 1 is 1.14 bits per heavy atom. The molecule has 0 amide bonds. The molecule has 3 rings (SSSR count). The van der Waals surface area contributed by atoms with E-state index in [0.29, 0.717) is 6.54 Å². The lowest BCUT2D eigenvalue weighted by Gasteiger charge is -2.10. The maximum atomic E-state index is 5.98. The van der Waals surface area contributed by atoms with E-state index >= 15 is 0 Å². The molecule has 0 fully saturated rings. The van der Waals surface area contributed by atoms with Gasteiger partial charge in [-0.15, -0.1) is 0 Å². The number of fused-ring (bicyclic) bond motifs is 1. The number of hydrogen-bond acceptors (Lipinski definition) is 4. The van der Waals surface area contributed by atoms with Gasteiger partial charge in [0, 0.05) is 18.3 Å². The Kier molecular flexibility index (Phi) is 3.73. The topological polar surface area (TPSA) is 61.8 Å². The fourth-order valence-electron chi connectivity index (χ4n) is 2.61. The van der Waals surface area contributed by atoms with Crippen molar-refractivity contribution in [1.29, 1.82) is 0 Å². The van der Waals surface area contributed by atoms with E-state index in [1.165, 1.54) is 0 Å². The van der Waals surface area contributed by atoms with Gasteiger partial charge in [0.1, 0.15) is 17.1 Å². The lowest BCUT2D eigenvalue weighted by molar-refractivity contribution is 0.404. The van der Waals surface area contributed by atoms with Crippen molar-refractivity contribution in [3.63, 3.8) is 0 Å². The van der Waals surface area contributed by atoms with Gasteiger partial charge in [0.15, 0.2) is 0 Å². The minimum atomic E-state index is 0.389. The maximum absolute atomic E-state index is 5.98. The third-order valence-electron chi connectivity index (χ3n) is 3.72. The molecule has 0 aliphatic rings. The summed E-state index contributed by atoms with van der Waals surface area (Å²) in [5.74, 6) is 1.50. The van der Waals surface area contributed by atoms with Gasteiger partial charge in [-0.2, -0.15) is 0 Å². The molecule has 0 saturated carbocycles. The number of pyridine rings is 1. The number of aromatic nitrogens is 2. The van der Waals surface area contributed by atoms with Gasteiger partial charge in [0.2, 0.25) is 0 Å². The number of methoxy groups -OCH3 is 2. The van der Waals surface area contributed by atoms with Gasteiger partial charge in [-0.25, -0.2) is 4.98 Å². The van der Waals surface area contributed by atoms with E-state index in [4.69, 9.17) is 20.2 Å². The molecule has 5 nitrogen and oxygen atoms in total. The van der Waals surface area contributed by atoms with Crippen LogP contribution in [0, 0.1) is 6.92 Å². The van der Waals surface area contributed by atoms with E-state index in [9.17, 15) is 0 Å². The smallest absolute Gasteiger partial charge is 0.137 e. The Labute approximate surface area is 129 Å². The molecular formula is C17H19N3O2. The van der Waals surface area contributed by atoms with E-state index in [2.05, 4.69) is 0 Å². The van der Waals surface area contributed by atoms with Crippen LogP contribution in [0.2, 0.25) is 0 Å². The van der Waals surface area contributed by atoms with E-state index in [-0.39, 0.29) is 0 Å². The van der Waals surface area contributed by atoms with Gasteiger partial charge in [0.25, 0.3) is 0 Å². The molecule has 5 heteroatoms. The normalized spacial score (nSPS) is 10.9. The number of benzene rings is 1. The van der Waals surface area contributed by atoms with Crippen LogP contribution in [0.1, 0.15) is 11.3 Å². The molecule has 0 bridgehead atoms. The maximum Gasteiger partial charge on any atom is 0.137 e. The van der Waals surface area contributed by atoms with Crippen molar-refractivity contribution in [2.45, 2.75) is 13.5 Å². The predicted molar refractivity (Wildman–Crippen MR) is 86.4 cm³/mol. The summed E-state index contributed by atoms with van der Waals surface area (Å²) in [6.07, 6.45) is 2.04. The van der Waals surface area contributed by atoms with Crippen LogP contribution in [0.3, 0.4) is 0 Å². The summed E-state index contributed by atoms with van der Waals surface area (Å²) < 4.78 is 12.8. The molecule has 0 aliphatic heterocycles. The van der Waals surface area contributed by atoms with Gasteiger partial charge in [-0.3, -0.25) is 0 Å². The third kappa shape index (κ3) is 2.29. The summed E-state index contributed by atoms with van der Waals surface area (Å²) >= 11 is 0. The third-order valence-corrected chi connectivity index (χ3v) is 3.72. The minimum absolute atomic E-state index is 0.389. The first-order valence-electron chi connectivity index (χ1n) is 7.08. The van der Waals surface area contributed by atoms with Crippen molar-refractivity contribution in [3.8, 4) is 22.8 Å². The number of nitrogens with two attached hydrogens (primary N) is 1. The van der Waals surface area contributed by atoms with Crippen LogP contribution in [0.4, 0.5) is 0 Å². The number of ether oxygens (including phenoxy) is 2. The fraction of sp³-hybridized carbons (Fsp3) is 0.235. The van der Waals surface area contributed by atoms with Crippen LogP contribution in [0.5, 0.6) is 11.5 Å². The summed E-state index contributed by atoms with van der Waals surface area (Å²) in [6, 6.07) is 9.70. The molecule has 0 aliphatic carbocycles. The second kappa shape index (κ2) is 5.69. The molecule has 114 valence electrons. The van der Waals surface area contributed by atoms with Crippen molar-refractivity contribution in [1.82, 2.24) is 9.38 Å². The molecule has 0 atom stereocenters. The number of imidazole rings is 1. The minimum Gasteiger partial charge on any atom is -0.497 e. The van der Waals surface area contributed by atoms with E-state index in [1.807, 2.05) is 47.9 Å². The summed E-state index contributed by atoms with van der Waals surface area (Å²) in [7, 11) is 3.29. The first-order chi connectivity index (χ1) is 10.7. The molecule has 22 heavy (non-hydrogen) atoms. The molecule has 3 aromatic rings. The second-order valence-corrected chi connectivity index (χ2v) is 5.11. The molecular weight excluding hydrogens is 278 g/mol. The molecule has 2 aromatic heterocycles. The highest BCUT2D eigenvalue weighted by atomic mass is 16.5. The second-order valence-electron chi connectivity index (χ2n) is 5.11. The number of nitrogens with zero attached hydrogens (tertiary/aromatic N) is 2. The van der Waals surface area contributed by atoms with Gasteiger partial charge in [-0.05, 0) is 36.8 Å². The van der Waals surface area contributed by atoms with E-state index < -0.39 is 0 Å². The van der Waals surface area contributed by atoms with Crippen LogP contribution in [0.15, 0.2) is 36.5 Å². The zero-order chi connectivity index (χ0) is 15.7. The molecule has 2 heterocycles.